The molecule has 0 radical (unpaired) electrons. The van der Waals surface area contributed by atoms with Crippen LogP contribution in [0.1, 0.15) is 49.4 Å². The lowest BCUT2D eigenvalue weighted by Crippen LogP contribution is -2.46. The standard InChI is InChI=1S/C21H30N4O3/c1-2-15-14-25(21(28)18-4-3-8-23-13-18)11-7-17(15)12-19(26)24-9-5-16(6-10-24)20(22)27/h3-4,8,13,15-17H,2,5-7,9-12,14H2,1H3,(H2,22,27)/t15-,17+/m1/s1. The van der Waals surface area contributed by atoms with E-state index in [1.54, 1.807) is 24.5 Å². The van der Waals surface area contributed by atoms with Gasteiger partial charge in [-0.3, -0.25) is 19.4 Å². The van der Waals surface area contributed by atoms with Gasteiger partial charge in [0.25, 0.3) is 5.91 Å². The fraction of sp³-hybridized carbons (Fsp3) is 0.619. The molecule has 0 unspecified atom stereocenters. The Morgan fingerprint density at radius 1 is 1.11 bits per heavy atom. The van der Waals surface area contributed by atoms with E-state index in [0.29, 0.717) is 62.8 Å². The molecule has 0 saturated carbocycles. The van der Waals surface area contributed by atoms with Crippen LogP contribution in [0.2, 0.25) is 0 Å². The summed E-state index contributed by atoms with van der Waals surface area (Å²) < 4.78 is 0. The van der Waals surface area contributed by atoms with E-state index in [4.69, 9.17) is 5.73 Å². The quantitative estimate of drug-likeness (QED) is 0.833. The normalized spacial score (nSPS) is 23.5. The molecule has 2 atom stereocenters. The second kappa shape index (κ2) is 9.17. The molecule has 2 N–H and O–H groups in total. The molecule has 7 heteroatoms. The van der Waals surface area contributed by atoms with Crippen LogP contribution >= 0.6 is 0 Å². The summed E-state index contributed by atoms with van der Waals surface area (Å²) in [5.41, 5.74) is 5.99. The molecule has 7 nitrogen and oxygen atoms in total. The second-order valence-electron chi connectivity index (χ2n) is 7.97. The Labute approximate surface area is 166 Å². The first-order chi connectivity index (χ1) is 13.5. The Balaban J connectivity index is 1.54. The first kappa shape index (κ1) is 20.3. The lowest BCUT2D eigenvalue weighted by atomic mass is 9.81. The van der Waals surface area contributed by atoms with Crippen LogP contribution in [-0.4, -0.2) is 58.7 Å². The average Bonchev–Trinajstić information content (AvgIpc) is 2.74. The van der Waals surface area contributed by atoms with Crippen molar-refractivity contribution in [2.24, 2.45) is 23.5 Å². The van der Waals surface area contributed by atoms with Crippen molar-refractivity contribution >= 4 is 17.7 Å². The van der Waals surface area contributed by atoms with Crippen molar-refractivity contribution in [3.05, 3.63) is 30.1 Å². The molecule has 2 aliphatic rings. The van der Waals surface area contributed by atoms with Gasteiger partial charge in [-0.25, -0.2) is 0 Å². The van der Waals surface area contributed by atoms with Gasteiger partial charge < -0.3 is 15.5 Å². The van der Waals surface area contributed by atoms with Crippen molar-refractivity contribution in [1.82, 2.24) is 14.8 Å². The van der Waals surface area contributed by atoms with Crippen LogP contribution < -0.4 is 5.73 Å². The molecule has 0 spiro atoms. The lowest BCUT2D eigenvalue weighted by Gasteiger charge is -2.39. The Bertz CT molecular complexity index is 701. The number of hydrogen-bond donors (Lipinski definition) is 1. The highest BCUT2D eigenvalue weighted by Crippen LogP contribution is 2.31. The number of primary amides is 1. The molecule has 0 aromatic carbocycles. The van der Waals surface area contributed by atoms with Crippen LogP contribution in [-0.2, 0) is 9.59 Å². The maximum absolute atomic E-state index is 12.8. The summed E-state index contributed by atoms with van der Waals surface area (Å²) in [5.74, 6) is 0.437. The molecule has 2 aliphatic heterocycles. The average molecular weight is 386 g/mol. The van der Waals surface area contributed by atoms with E-state index in [1.807, 2.05) is 9.80 Å². The molecule has 2 fully saturated rings. The predicted octanol–water partition coefficient (Wildman–Crippen LogP) is 1.68. The summed E-state index contributed by atoms with van der Waals surface area (Å²) in [6.07, 6.45) is 6.90. The number of carbonyl (C=O) groups is 3. The Kier molecular flexibility index (Phi) is 6.65. The second-order valence-corrected chi connectivity index (χ2v) is 7.97. The number of rotatable bonds is 5. The van der Waals surface area contributed by atoms with Crippen LogP contribution in [0.4, 0.5) is 0 Å². The van der Waals surface area contributed by atoms with Gasteiger partial charge in [0.2, 0.25) is 11.8 Å². The molecule has 3 rings (SSSR count). The van der Waals surface area contributed by atoms with Crippen LogP contribution in [0.3, 0.4) is 0 Å². The number of piperidine rings is 2. The number of hydrogen-bond acceptors (Lipinski definition) is 4. The molecule has 28 heavy (non-hydrogen) atoms. The van der Waals surface area contributed by atoms with E-state index in [1.165, 1.54) is 0 Å². The number of nitrogens with zero attached hydrogens (tertiary/aromatic N) is 3. The molecule has 1 aromatic rings. The third kappa shape index (κ3) is 4.69. The Morgan fingerprint density at radius 2 is 1.82 bits per heavy atom. The van der Waals surface area contributed by atoms with Crippen LogP contribution in [0, 0.1) is 17.8 Å². The number of likely N-dealkylation sites (tertiary alicyclic amines) is 2. The van der Waals surface area contributed by atoms with E-state index in [2.05, 4.69) is 11.9 Å². The predicted molar refractivity (Wildman–Crippen MR) is 105 cm³/mol. The molecular formula is C21H30N4O3. The minimum atomic E-state index is -0.260. The minimum absolute atomic E-state index is 0.0184. The molecule has 0 bridgehead atoms. The van der Waals surface area contributed by atoms with Crippen molar-refractivity contribution < 1.29 is 14.4 Å². The van der Waals surface area contributed by atoms with Crippen molar-refractivity contribution in [1.29, 1.82) is 0 Å². The van der Waals surface area contributed by atoms with E-state index in [9.17, 15) is 14.4 Å². The largest absolute Gasteiger partial charge is 0.369 e. The van der Waals surface area contributed by atoms with Crippen LogP contribution in [0.5, 0.6) is 0 Å². The SMILES string of the molecule is CC[C@@H]1CN(C(=O)c2cccnc2)CC[C@H]1CC(=O)N1CCC(C(N)=O)CC1. The number of amides is 3. The highest BCUT2D eigenvalue weighted by atomic mass is 16.2. The zero-order valence-electron chi connectivity index (χ0n) is 16.5. The summed E-state index contributed by atoms with van der Waals surface area (Å²) in [6.45, 7) is 4.71. The molecule has 152 valence electrons. The smallest absolute Gasteiger partial charge is 0.255 e. The lowest BCUT2D eigenvalue weighted by molar-refractivity contribution is -0.136. The van der Waals surface area contributed by atoms with Crippen molar-refractivity contribution in [2.75, 3.05) is 26.2 Å². The fourth-order valence-electron chi connectivity index (χ4n) is 4.44. The van der Waals surface area contributed by atoms with Gasteiger partial charge in [0, 0.05) is 50.9 Å². The first-order valence-corrected chi connectivity index (χ1v) is 10.3. The molecule has 3 amide bonds. The number of carbonyl (C=O) groups excluding carboxylic acids is 3. The van der Waals surface area contributed by atoms with Gasteiger partial charge in [0.1, 0.15) is 0 Å². The monoisotopic (exact) mass is 386 g/mol. The van der Waals surface area contributed by atoms with Crippen molar-refractivity contribution in [3.63, 3.8) is 0 Å². The Morgan fingerprint density at radius 3 is 2.43 bits per heavy atom. The fourth-order valence-corrected chi connectivity index (χ4v) is 4.44. The summed E-state index contributed by atoms with van der Waals surface area (Å²) in [5, 5.41) is 0. The number of nitrogens with two attached hydrogens (primary N) is 1. The van der Waals surface area contributed by atoms with Gasteiger partial charge in [0.05, 0.1) is 5.56 Å². The molecule has 2 saturated heterocycles. The van der Waals surface area contributed by atoms with Crippen molar-refractivity contribution in [3.8, 4) is 0 Å². The van der Waals surface area contributed by atoms with Crippen molar-refractivity contribution in [2.45, 2.75) is 39.0 Å². The maximum Gasteiger partial charge on any atom is 0.255 e. The van der Waals surface area contributed by atoms with Gasteiger partial charge in [0.15, 0.2) is 0 Å². The molecule has 3 heterocycles. The van der Waals surface area contributed by atoms with Gasteiger partial charge in [-0.2, -0.15) is 0 Å². The van der Waals surface area contributed by atoms with E-state index in [0.717, 1.165) is 12.8 Å². The van der Waals surface area contributed by atoms with E-state index in [-0.39, 0.29) is 23.6 Å². The highest BCUT2D eigenvalue weighted by Gasteiger charge is 2.34. The zero-order chi connectivity index (χ0) is 20.1. The topological polar surface area (TPSA) is 96.6 Å². The molecule has 0 aliphatic carbocycles. The van der Waals surface area contributed by atoms with Crippen LogP contribution in [0.25, 0.3) is 0 Å². The maximum atomic E-state index is 12.8. The summed E-state index contributed by atoms with van der Waals surface area (Å²) in [4.78, 5) is 44.6. The van der Waals surface area contributed by atoms with E-state index < -0.39 is 0 Å². The molecule has 1 aromatic heterocycles. The minimum Gasteiger partial charge on any atom is -0.369 e. The summed E-state index contributed by atoms with van der Waals surface area (Å²) in [7, 11) is 0. The first-order valence-electron chi connectivity index (χ1n) is 10.3. The number of pyridine rings is 1. The number of aromatic nitrogens is 1. The van der Waals surface area contributed by atoms with Gasteiger partial charge in [-0.1, -0.05) is 13.3 Å². The third-order valence-corrected chi connectivity index (χ3v) is 6.30. The third-order valence-electron chi connectivity index (χ3n) is 6.30. The van der Waals surface area contributed by atoms with Crippen LogP contribution in [0.15, 0.2) is 24.5 Å². The van der Waals surface area contributed by atoms with Gasteiger partial charge in [-0.05, 0) is 43.2 Å². The summed E-state index contributed by atoms with van der Waals surface area (Å²) >= 11 is 0. The highest BCUT2D eigenvalue weighted by molar-refractivity contribution is 5.94. The van der Waals surface area contributed by atoms with Gasteiger partial charge in [-0.15, -0.1) is 0 Å². The Hall–Kier alpha value is -2.44. The zero-order valence-corrected chi connectivity index (χ0v) is 16.5. The summed E-state index contributed by atoms with van der Waals surface area (Å²) in [6, 6.07) is 3.57. The van der Waals surface area contributed by atoms with Gasteiger partial charge >= 0.3 is 0 Å². The van der Waals surface area contributed by atoms with E-state index >= 15 is 0 Å². The molecular weight excluding hydrogens is 356 g/mol.